The van der Waals surface area contributed by atoms with Gasteiger partial charge in [0, 0.05) is 24.9 Å². The van der Waals surface area contributed by atoms with Crippen molar-refractivity contribution < 1.29 is 14.7 Å². The minimum Gasteiger partial charge on any atom is -0.481 e. The molecule has 2 amide bonds. The highest BCUT2D eigenvalue weighted by atomic mass is 32.2. The van der Waals surface area contributed by atoms with Gasteiger partial charge in [0.1, 0.15) is 0 Å². The van der Waals surface area contributed by atoms with Gasteiger partial charge in [-0.3, -0.25) is 4.79 Å². The molecular weight excluding hydrogens is 228 g/mol. The first kappa shape index (κ1) is 11.6. The van der Waals surface area contributed by atoms with Gasteiger partial charge in [-0.2, -0.15) is 11.8 Å². The van der Waals surface area contributed by atoms with Crippen LogP contribution >= 0.6 is 11.8 Å². The number of carbonyl (C=O) groups is 2. The van der Waals surface area contributed by atoms with Crippen LogP contribution in [0.3, 0.4) is 0 Å². The highest BCUT2D eigenvalue weighted by molar-refractivity contribution is 8.00. The molecule has 0 bridgehead atoms. The Hall–Kier alpha value is -0.910. The van der Waals surface area contributed by atoms with Crippen molar-refractivity contribution in [2.45, 2.75) is 18.1 Å². The Morgan fingerprint density at radius 3 is 2.75 bits per heavy atom. The minimum absolute atomic E-state index is 0.120. The molecule has 16 heavy (non-hydrogen) atoms. The maximum absolute atomic E-state index is 11.6. The summed E-state index contributed by atoms with van der Waals surface area (Å²) in [5, 5.41) is 12.1. The van der Waals surface area contributed by atoms with Crippen molar-refractivity contribution in [1.82, 2.24) is 10.2 Å². The summed E-state index contributed by atoms with van der Waals surface area (Å²) in [7, 11) is 0. The average Bonchev–Trinajstić information content (AvgIpc) is 2.63. The monoisotopic (exact) mass is 244 g/mol. The van der Waals surface area contributed by atoms with Crippen molar-refractivity contribution in [3.63, 3.8) is 0 Å². The van der Waals surface area contributed by atoms with E-state index < -0.39 is 5.97 Å². The molecular formula is C10H16N2O3S. The third-order valence-electron chi connectivity index (χ3n) is 3.02. The van der Waals surface area contributed by atoms with Gasteiger partial charge >= 0.3 is 12.0 Å². The Kier molecular flexibility index (Phi) is 3.58. The maximum atomic E-state index is 11.6. The lowest BCUT2D eigenvalue weighted by atomic mass is 10.0. The lowest BCUT2D eigenvalue weighted by Gasteiger charge is -2.36. The number of aliphatic carboxylic acids is 1. The molecule has 0 aromatic rings. The summed E-state index contributed by atoms with van der Waals surface area (Å²) < 4.78 is 0. The molecule has 2 N–H and O–H groups in total. The lowest BCUT2D eigenvalue weighted by molar-refractivity contribution is -0.146. The normalized spacial score (nSPS) is 25.2. The van der Waals surface area contributed by atoms with E-state index in [9.17, 15) is 9.59 Å². The molecule has 6 heteroatoms. The van der Waals surface area contributed by atoms with E-state index >= 15 is 0 Å². The van der Waals surface area contributed by atoms with Crippen LogP contribution in [0.5, 0.6) is 0 Å². The highest BCUT2D eigenvalue weighted by Crippen LogP contribution is 2.25. The summed E-state index contributed by atoms with van der Waals surface area (Å²) in [4.78, 5) is 23.7. The number of nitrogens with zero attached hydrogens (tertiary/aromatic N) is 1. The second-order valence-corrected chi connectivity index (χ2v) is 5.67. The zero-order chi connectivity index (χ0) is 11.5. The van der Waals surface area contributed by atoms with Gasteiger partial charge in [0.15, 0.2) is 0 Å². The molecule has 0 radical (unpaired) electrons. The number of hydrogen-bond acceptors (Lipinski definition) is 3. The largest absolute Gasteiger partial charge is 0.481 e. The van der Waals surface area contributed by atoms with E-state index in [-0.39, 0.29) is 11.9 Å². The number of urea groups is 1. The number of rotatable bonds is 3. The Morgan fingerprint density at radius 1 is 1.44 bits per heavy atom. The van der Waals surface area contributed by atoms with E-state index in [1.807, 2.05) is 11.8 Å². The number of thioether (sulfide) groups is 1. The molecule has 2 fully saturated rings. The van der Waals surface area contributed by atoms with E-state index in [2.05, 4.69) is 5.32 Å². The quantitative estimate of drug-likeness (QED) is 0.763. The molecule has 2 aliphatic rings. The molecule has 90 valence electrons. The maximum Gasteiger partial charge on any atom is 0.317 e. The van der Waals surface area contributed by atoms with Crippen LogP contribution in [0.1, 0.15) is 12.8 Å². The van der Waals surface area contributed by atoms with Crippen molar-refractivity contribution in [2.75, 3.05) is 25.4 Å². The SMILES string of the molecule is O=C(O)C1CN(C(=O)NCC2CCCS2)C1. The summed E-state index contributed by atoms with van der Waals surface area (Å²) in [5.41, 5.74) is 0. The molecule has 0 aromatic carbocycles. The molecule has 2 aliphatic heterocycles. The van der Waals surface area contributed by atoms with Gasteiger partial charge in [0.25, 0.3) is 0 Å². The molecule has 2 saturated heterocycles. The smallest absolute Gasteiger partial charge is 0.317 e. The number of nitrogens with one attached hydrogen (secondary N) is 1. The summed E-state index contributed by atoms with van der Waals surface area (Å²) in [6.45, 7) is 1.40. The van der Waals surface area contributed by atoms with E-state index in [1.165, 1.54) is 18.6 Å². The van der Waals surface area contributed by atoms with Gasteiger partial charge in [-0.15, -0.1) is 0 Å². The number of amides is 2. The Bertz CT molecular complexity index is 286. The zero-order valence-electron chi connectivity index (χ0n) is 9.02. The highest BCUT2D eigenvalue weighted by Gasteiger charge is 2.35. The Balaban J connectivity index is 1.64. The molecule has 0 spiro atoms. The van der Waals surface area contributed by atoms with Gasteiger partial charge in [-0.1, -0.05) is 0 Å². The van der Waals surface area contributed by atoms with Gasteiger partial charge in [0.2, 0.25) is 0 Å². The van der Waals surface area contributed by atoms with Crippen LogP contribution in [0, 0.1) is 5.92 Å². The Labute approximate surface area is 98.6 Å². The topological polar surface area (TPSA) is 69.6 Å². The van der Waals surface area contributed by atoms with Crippen LogP contribution in [-0.2, 0) is 4.79 Å². The molecule has 2 heterocycles. The van der Waals surface area contributed by atoms with Gasteiger partial charge < -0.3 is 15.3 Å². The minimum atomic E-state index is -0.810. The zero-order valence-corrected chi connectivity index (χ0v) is 9.83. The van der Waals surface area contributed by atoms with Gasteiger partial charge in [-0.05, 0) is 18.6 Å². The molecule has 1 unspecified atom stereocenters. The number of carboxylic acids is 1. The second-order valence-electron chi connectivity index (χ2n) is 4.26. The Morgan fingerprint density at radius 2 is 2.19 bits per heavy atom. The predicted molar refractivity (Wildman–Crippen MR) is 61.6 cm³/mol. The first-order valence-corrected chi connectivity index (χ1v) is 6.59. The molecule has 0 saturated carbocycles. The third kappa shape index (κ3) is 2.61. The average molecular weight is 244 g/mol. The van der Waals surface area contributed by atoms with E-state index in [0.29, 0.717) is 24.9 Å². The van der Waals surface area contributed by atoms with Gasteiger partial charge in [0.05, 0.1) is 5.92 Å². The van der Waals surface area contributed by atoms with Crippen LogP contribution in [0.2, 0.25) is 0 Å². The number of carbonyl (C=O) groups excluding carboxylic acids is 1. The summed E-state index contributed by atoms with van der Waals surface area (Å²) in [6.07, 6.45) is 2.40. The van der Waals surface area contributed by atoms with E-state index in [4.69, 9.17) is 5.11 Å². The third-order valence-corrected chi connectivity index (χ3v) is 4.42. The fourth-order valence-corrected chi connectivity index (χ4v) is 3.12. The lowest BCUT2D eigenvalue weighted by Crippen LogP contribution is -2.56. The summed E-state index contributed by atoms with van der Waals surface area (Å²) in [5.74, 6) is 0.00715. The van der Waals surface area contributed by atoms with Crippen molar-refractivity contribution in [1.29, 1.82) is 0 Å². The van der Waals surface area contributed by atoms with Crippen LogP contribution in [0.15, 0.2) is 0 Å². The van der Waals surface area contributed by atoms with Crippen LogP contribution < -0.4 is 5.32 Å². The molecule has 0 aromatic heterocycles. The van der Waals surface area contributed by atoms with Crippen molar-refractivity contribution >= 4 is 23.8 Å². The van der Waals surface area contributed by atoms with Crippen LogP contribution in [-0.4, -0.2) is 52.6 Å². The summed E-state index contributed by atoms with van der Waals surface area (Å²) in [6, 6.07) is -0.120. The van der Waals surface area contributed by atoms with Gasteiger partial charge in [-0.25, -0.2) is 4.79 Å². The predicted octanol–water partition coefficient (Wildman–Crippen LogP) is 0.608. The summed E-state index contributed by atoms with van der Waals surface area (Å²) >= 11 is 1.90. The van der Waals surface area contributed by atoms with Crippen LogP contribution in [0.25, 0.3) is 0 Å². The molecule has 1 atom stereocenters. The van der Waals surface area contributed by atoms with Crippen molar-refractivity contribution in [3.8, 4) is 0 Å². The molecule has 5 nitrogen and oxygen atoms in total. The molecule has 2 rings (SSSR count). The fourth-order valence-electron chi connectivity index (χ4n) is 1.92. The number of likely N-dealkylation sites (tertiary alicyclic amines) is 1. The van der Waals surface area contributed by atoms with Crippen molar-refractivity contribution in [3.05, 3.63) is 0 Å². The van der Waals surface area contributed by atoms with Crippen LogP contribution in [0.4, 0.5) is 4.79 Å². The first-order chi connectivity index (χ1) is 7.66. The fraction of sp³-hybridized carbons (Fsp3) is 0.800. The van der Waals surface area contributed by atoms with Crippen molar-refractivity contribution in [2.24, 2.45) is 5.92 Å². The number of hydrogen-bond donors (Lipinski definition) is 2. The first-order valence-electron chi connectivity index (χ1n) is 5.54. The van der Waals surface area contributed by atoms with E-state index in [0.717, 1.165) is 0 Å². The number of carboxylic acid groups (broad SMARTS) is 1. The standard InChI is InChI=1S/C10H16N2O3S/c13-9(14)7-5-12(6-7)10(15)11-4-8-2-1-3-16-8/h7-8H,1-6H2,(H,11,15)(H,13,14). The second kappa shape index (κ2) is 4.95. The molecule has 0 aliphatic carbocycles. The van der Waals surface area contributed by atoms with E-state index in [1.54, 1.807) is 4.90 Å².